The van der Waals surface area contributed by atoms with Crippen LogP contribution >= 0.6 is 0 Å². The van der Waals surface area contributed by atoms with E-state index < -0.39 is 0 Å². The van der Waals surface area contributed by atoms with Gasteiger partial charge in [-0.25, -0.2) is 0 Å². The Morgan fingerprint density at radius 1 is 1.36 bits per heavy atom. The van der Waals surface area contributed by atoms with Gasteiger partial charge < -0.3 is 11.1 Å². The van der Waals surface area contributed by atoms with E-state index in [0.717, 1.165) is 13.0 Å². The summed E-state index contributed by atoms with van der Waals surface area (Å²) in [5.74, 6) is 1.29. The Morgan fingerprint density at radius 3 is 2.00 bits per heavy atom. The van der Waals surface area contributed by atoms with Crippen molar-refractivity contribution in [2.24, 2.45) is 17.6 Å². The van der Waals surface area contributed by atoms with Crippen LogP contribution < -0.4 is 11.1 Å². The molecule has 0 rings (SSSR count). The van der Waals surface area contributed by atoms with E-state index in [1.165, 1.54) is 0 Å². The summed E-state index contributed by atoms with van der Waals surface area (Å²) in [6.45, 7) is 7.46. The highest BCUT2D eigenvalue weighted by molar-refractivity contribution is 4.76. The topological polar surface area (TPSA) is 38.0 Å². The average Bonchev–Trinajstić information content (AvgIpc) is 1.99. The van der Waals surface area contributed by atoms with Gasteiger partial charge >= 0.3 is 0 Å². The van der Waals surface area contributed by atoms with E-state index in [9.17, 15) is 0 Å². The SMILES string of the molecule is CCC(NC)C(CN)C(C)C. The van der Waals surface area contributed by atoms with Crippen LogP contribution in [0, 0.1) is 11.8 Å². The molecule has 0 aliphatic carbocycles. The molecule has 0 radical (unpaired) electrons. The van der Waals surface area contributed by atoms with Crippen molar-refractivity contribution in [1.29, 1.82) is 0 Å². The molecule has 0 spiro atoms. The highest BCUT2D eigenvalue weighted by atomic mass is 14.9. The second kappa shape index (κ2) is 5.56. The first-order valence-corrected chi connectivity index (χ1v) is 4.54. The van der Waals surface area contributed by atoms with Crippen LogP contribution in [0.2, 0.25) is 0 Å². The Hall–Kier alpha value is -0.0800. The van der Waals surface area contributed by atoms with Crippen molar-refractivity contribution in [3.05, 3.63) is 0 Å². The van der Waals surface area contributed by atoms with Crippen molar-refractivity contribution in [3.63, 3.8) is 0 Å². The molecule has 2 atom stereocenters. The molecule has 0 aromatic heterocycles. The molecule has 0 aliphatic heterocycles. The quantitative estimate of drug-likeness (QED) is 0.631. The molecule has 2 heteroatoms. The molecule has 3 N–H and O–H groups in total. The summed E-state index contributed by atoms with van der Waals surface area (Å²) in [4.78, 5) is 0. The maximum atomic E-state index is 5.69. The Kier molecular flexibility index (Phi) is 5.51. The Balaban J connectivity index is 3.98. The lowest BCUT2D eigenvalue weighted by molar-refractivity contribution is 0.288. The molecule has 0 saturated carbocycles. The first-order valence-electron chi connectivity index (χ1n) is 4.54. The summed E-state index contributed by atoms with van der Waals surface area (Å²) in [5, 5.41) is 3.30. The molecule has 11 heavy (non-hydrogen) atoms. The number of hydrogen-bond donors (Lipinski definition) is 2. The zero-order chi connectivity index (χ0) is 8.85. The van der Waals surface area contributed by atoms with Crippen molar-refractivity contribution < 1.29 is 0 Å². The first kappa shape index (κ1) is 10.9. The Labute approximate surface area is 70.5 Å². The van der Waals surface area contributed by atoms with Crippen LogP contribution in [-0.2, 0) is 0 Å². The maximum absolute atomic E-state index is 5.69. The van der Waals surface area contributed by atoms with Gasteiger partial charge in [-0.2, -0.15) is 0 Å². The zero-order valence-corrected chi connectivity index (χ0v) is 8.22. The lowest BCUT2D eigenvalue weighted by Gasteiger charge is -2.27. The van der Waals surface area contributed by atoms with E-state index in [2.05, 4.69) is 26.1 Å². The second-order valence-electron chi connectivity index (χ2n) is 3.45. The van der Waals surface area contributed by atoms with Gasteiger partial charge in [-0.05, 0) is 31.8 Å². The Morgan fingerprint density at radius 2 is 1.91 bits per heavy atom. The van der Waals surface area contributed by atoms with Gasteiger partial charge in [0.05, 0.1) is 0 Å². The van der Waals surface area contributed by atoms with Crippen LogP contribution in [0.25, 0.3) is 0 Å². The monoisotopic (exact) mass is 158 g/mol. The molecule has 2 unspecified atom stereocenters. The highest BCUT2D eigenvalue weighted by Crippen LogP contribution is 2.15. The van der Waals surface area contributed by atoms with E-state index in [1.807, 2.05) is 7.05 Å². The summed E-state index contributed by atoms with van der Waals surface area (Å²) < 4.78 is 0. The fraction of sp³-hybridized carbons (Fsp3) is 1.00. The summed E-state index contributed by atoms with van der Waals surface area (Å²) in [7, 11) is 2.01. The largest absolute Gasteiger partial charge is 0.330 e. The second-order valence-corrected chi connectivity index (χ2v) is 3.45. The third-order valence-corrected chi connectivity index (χ3v) is 2.46. The number of rotatable bonds is 5. The summed E-state index contributed by atoms with van der Waals surface area (Å²) in [6, 6.07) is 0.583. The molecular weight excluding hydrogens is 136 g/mol. The first-order chi connectivity index (χ1) is 5.17. The smallest absolute Gasteiger partial charge is 0.0104 e. The number of nitrogens with two attached hydrogens (primary N) is 1. The zero-order valence-electron chi connectivity index (χ0n) is 8.22. The lowest BCUT2D eigenvalue weighted by atomic mass is 9.87. The number of nitrogens with one attached hydrogen (secondary N) is 1. The third kappa shape index (κ3) is 3.21. The van der Waals surface area contributed by atoms with E-state index in [4.69, 9.17) is 5.73 Å². The van der Waals surface area contributed by atoms with Crippen molar-refractivity contribution in [1.82, 2.24) is 5.32 Å². The molecule has 0 bridgehead atoms. The van der Waals surface area contributed by atoms with Gasteiger partial charge in [-0.3, -0.25) is 0 Å². The van der Waals surface area contributed by atoms with Crippen LogP contribution in [0.1, 0.15) is 27.2 Å². The van der Waals surface area contributed by atoms with Crippen LogP contribution in [-0.4, -0.2) is 19.6 Å². The molecular formula is C9H22N2. The molecule has 68 valence electrons. The third-order valence-electron chi connectivity index (χ3n) is 2.46. The summed E-state index contributed by atoms with van der Waals surface area (Å²) in [6.07, 6.45) is 1.16. The summed E-state index contributed by atoms with van der Waals surface area (Å²) >= 11 is 0. The van der Waals surface area contributed by atoms with Gasteiger partial charge in [0, 0.05) is 6.04 Å². The van der Waals surface area contributed by atoms with Crippen LogP contribution in [0.4, 0.5) is 0 Å². The standard InChI is InChI=1S/C9H22N2/c1-5-9(11-4)8(6-10)7(2)3/h7-9,11H,5-6,10H2,1-4H3. The van der Waals surface area contributed by atoms with Crippen LogP contribution in [0.15, 0.2) is 0 Å². The lowest BCUT2D eigenvalue weighted by Crippen LogP contribution is -2.40. The van der Waals surface area contributed by atoms with Crippen molar-refractivity contribution in [3.8, 4) is 0 Å². The van der Waals surface area contributed by atoms with E-state index in [0.29, 0.717) is 17.9 Å². The maximum Gasteiger partial charge on any atom is 0.0104 e. The van der Waals surface area contributed by atoms with Crippen molar-refractivity contribution in [2.75, 3.05) is 13.6 Å². The van der Waals surface area contributed by atoms with Crippen LogP contribution in [0.5, 0.6) is 0 Å². The van der Waals surface area contributed by atoms with Gasteiger partial charge in [0.15, 0.2) is 0 Å². The molecule has 2 nitrogen and oxygen atoms in total. The average molecular weight is 158 g/mol. The predicted octanol–water partition coefficient (Wildman–Crippen LogP) is 1.22. The summed E-state index contributed by atoms with van der Waals surface area (Å²) in [5.41, 5.74) is 5.69. The molecule has 0 aromatic rings. The van der Waals surface area contributed by atoms with Gasteiger partial charge in [0.1, 0.15) is 0 Å². The fourth-order valence-corrected chi connectivity index (χ4v) is 1.62. The van der Waals surface area contributed by atoms with Gasteiger partial charge in [0.25, 0.3) is 0 Å². The van der Waals surface area contributed by atoms with Crippen LogP contribution in [0.3, 0.4) is 0 Å². The minimum absolute atomic E-state index is 0.583. The van der Waals surface area contributed by atoms with Crippen molar-refractivity contribution in [2.45, 2.75) is 33.2 Å². The minimum Gasteiger partial charge on any atom is -0.330 e. The van der Waals surface area contributed by atoms with Gasteiger partial charge in [0.2, 0.25) is 0 Å². The molecule has 0 amide bonds. The molecule has 0 aliphatic rings. The number of hydrogen-bond acceptors (Lipinski definition) is 2. The normalized spacial score (nSPS) is 16.9. The molecule has 0 aromatic carbocycles. The molecule has 0 heterocycles. The van der Waals surface area contributed by atoms with E-state index >= 15 is 0 Å². The fourth-order valence-electron chi connectivity index (χ4n) is 1.62. The molecule has 0 fully saturated rings. The van der Waals surface area contributed by atoms with E-state index in [-0.39, 0.29) is 0 Å². The molecule has 0 saturated heterocycles. The Bertz CT molecular complexity index is 87.6. The highest BCUT2D eigenvalue weighted by Gasteiger charge is 2.19. The van der Waals surface area contributed by atoms with Gasteiger partial charge in [-0.1, -0.05) is 20.8 Å². The van der Waals surface area contributed by atoms with E-state index in [1.54, 1.807) is 0 Å². The van der Waals surface area contributed by atoms with Gasteiger partial charge in [-0.15, -0.1) is 0 Å². The van der Waals surface area contributed by atoms with Crippen molar-refractivity contribution >= 4 is 0 Å². The minimum atomic E-state index is 0.583. The predicted molar refractivity (Wildman–Crippen MR) is 50.5 cm³/mol.